The van der Waals surface area contributed by atoms with Crippen LogP contribution in [0.15, 0.2) is 58.3 Å². The Kier molecular flexibility index (Phi) is 8.20. The fraction of sp³-hybridized carbons (Fsp3) is 0.429. The van der Waals surface area contributed by atoms with E-state index in [1.54, 1.807) is 7.11 Å². The van der Waals surface area contributed by atoms with E-state index in [2.05, 4.69) is 30.4 Å². The number of methoxy groups -OCH3 is 1. The normalized spacial score (nSPS) is 17.5. The average Bonchev–Trinajstić information content (AvgIpc) is 2.92. The molecule has 146 valence electrons. The SMILES string of the molecule is COCOc1ccccc1SC[C@@H](C)CN[C@@H]1COc2ccccc2SC1. The van der Waals surface area contributed by atoms with Gasteiger partial charge in [-0.15, -0.1) is 23.5 Å². The first kappa shape index (κ1) is 20.4. The molecule has 0 fully saturated rings. The van der Waals surface area contributed by atoms with Crippen LogP contribution in [-0.2, 0) is 4.74 Å². The molecule has 0 spiro atoms. The van der Waals surface area contributed by atoms with Crippen molar-refractivity contribution >= 4 is 23.5 Å². The fourth-order valence-electron chi connectivity index (χ4n) is 2.71. The summed E-state index contributed by atoms with van der Waals surface area (Å²) in [5.74, 6) is 4.49. The number of benzene rings is 2. The van der Waals surface area contributed by atoms with E-state index in [-0.39, 0.29) is 6.79 Å². The standard InChI is InChI=1S/C21H27NO3S2/c1-16(13-26-21-10-6-4-8-19(21)25-15-23-2)11-22-17-12-24-18-7-3-5-9-20(18)27-14-17/h3-10,16-17,22H,11-15H2,1-2H3/t16-,17+/m0/s1. The molecule has 4 nitrogen and oxygen atoms in total. The summed E-state index contributed by atoms with van der Waals surface area (Å²) in [6, 6.07) is 16.8. The molecule has 1 N–H and O–H groups in total. The second kappa shape index (κ2) is 10.9. The van der Waals surface area contributed by atoms with Crippen LogP contribution in [0.1, 0.15) is 6.92 Å². The number of fused-ring (bicyclic) bond motifs is 1. The Hall–Kier alpha value is -1.34. The number of hydrogen-bond donors (Lipinski definition) is 1. The maximum Gasteiger partial charge on any atom is 0.188 e. The van der Waals surface area contributed by atoms with Gasteiger partial charge in [0.25, 0.3) is 0 Å². The zero-order chi connectivity index (χ0) is 18.9. The molecule has 2 aromatic carbocycles. The van der Waals surface area contributed by atoms with Gasteiger partial charge in [0.05, 0.1) is 6.04 Å². The smallest absolute Gasteiger partial charge is 0.188 e. The maximum absolute atomic E-state index is 5.96. The second-order valence-corrected chi connectivity index (χ2v) is 8.71. The van der Waals surface area contributed by atoms with E-state index >= 15 is 0 Å². The summed E-state index contributed by atoms with van der Waals surface area (Å²) in [5.41, 5.74) is 0. The lowest BCUT2D eigenvalue weighted by atomic mass is 10.2. The van der Waals surface area contributed by atoms with Crippen LogP contribution in [0.4, 0.5) is 0 Å². The van der Waals surface area contributed by atoms with Gasteiger partial charge < -0.3 is 19.5 Å². The summed E-state index contributed by atoms with van der Waals surface area (Å²) in [6.07, 6.45) is 0. The molecule has 0 radical (unpaired) electrons. The molecule has 0 saturated heterocycles. The highest BCUT2D eigenvalue weighted by atomic mass is 32.2. The Morgan fingerprint density at radius 3 is 2.93 bits per heavy atom. The van der Waals surface area contributed by atoms with Crippen LogP contribution in [0.5, 0.6) is 11.5 Å². The van der Waals surface area contributed by atoms with Gasteiger partial charge in [0.2, 0.25) is 0 Å². The first-order valence-electron chi connectivity index (χ1n) is 9.18. The van der Waals surface area contributed by atoms with Crippen molar-refractivity contribution in [2.75, 3.05) is 38.6 Å². The molecule has 27 heavy (non-hydrogen) atoms. The lowest BCUT2D eigenvalue weighted by molar-refractivity contribution is 0.0491. The third-order valence-corrected chi connectivity index (χ3v) is 6.79. The lowest BCUT2D eigenvalue weighted by Crippen LogP contribution is -2.39. The van der Waals surface area contributed by atoms with E-state index in [0.717, 1.165) is 41.1 Å². The van der Waals surface area contributed by atoms with Crippen molar-refractivity contribution in [2.45, 2.75) is 22.8 Å². The maximum atomic E-state index is 5.96. The first-order valence-corrected chi connectivity index (χ1v) is 11.1. The number of hydrogen-bond acceptors (Lipinski definition) is 6. The van der Waals surface area contributed by atoms with Crippen molar-refractivity contribution in [3.8, 4) is 11.5 Å². The van der Waals surface area contributed by atoms with Gasteiger partial charge in [0.15, 0.2) is 6.79 Å². The molecular weight excluding hydrogens is 378 g/mol. The third-order valence-electron chi connectivity index (χ3n) is 4.19. The number of nitrogens with one attached hydrogen (secondary N) is 1. The largest absolute Gasteiger partial charge is 0.491 e. The molecule has 1 heterocycles. The van der Waals surface area contributed by atoms with Crippen LogP contribution in [0.2, 0.25) is 0 Å². The number of rotatable bonds is 9. The summed E-state index contributed by atoms with van der Waals surface area (Å²) in [7, 11) is 1.64. The van der Waals surface area contributed by atoms with E-state index in [4.69, 9.17) is 14.2 Å². The molecule has 2 atom stereocenters. The van der Waals surface area contributed by atoms with E-state index in [9.17, 15) is 0 Å². The molecule has 3 rings (SSSR count). The number of ether oxygens (including phenoxy) is 3. The van der Waals surface area contributed by atoms with Crippen LogP contribution in [0.3, 0.4) is 0 Å². The Morgan fingerprint density at radius 1 is 1.22 bits per heavy atom. The summed E-state index contributed by atoms with van der Waals surface area (Å²) >= 11 is 3.70. The molecular formula is C21H27NO3S2. The minimum atomic E-state index is 0.274. The minimum Gasteiger partial charge on any atom is -0.491 e. The second-order valence-electron chi connectivity index (χ2n) is 6.59. The zero-order valence-electron chi connectivity index (χ0n) is 15.9. The first-order chi connectivity index (χ1) is 13.3. The summed E-state index contributed by atoms with van der Waals surface area (Å²) in [4.78, 5) is 2.39. The van der Waals surface area contributed by atoms with Gasteiger partial charge in [-0.3, -0.25) is 0 Å². The number of thioether (sulfide) groups is 2. The molecule has 0 aliphatic carbocycles. The Morgan fingerprint density at radius 2 is 2.04 bits per heavy atom. The highest BCUT2D eigenvalue weighted by molar-refractivity contribution is 7.99. The molecule has 1 aliphatic heterocycles. The van der Waals surface area contributed by atoms with Crippen LogP contribution in [0.25, 0.3) is 0 Å². The molecule has 1 aliphatic rings. The molecule has 0 aromatic heterocycles. The molecule has 0 amide bonds. The van der Waals surface area contributed by atoms with Crippen LogP contribution in [0, 0.1) is 5.92 Å². The van der Waals surface area contributed by atoms with Crippen molar-refractivity contribution in [3.63, 3.8) is 0 Å². The topological polar surface area (TPSA) is 39.7 Å². The van der Waals surface area contributed by atoms with Gasteiger partial charge in [-0.05, 0) is 36.7 Å². The monoisotopic (exact) mass is 405 g/mol. The van der Waals surface area contributed by atoms with Crippen molar-refractivity contribution < 1.29 is 14.2 Å². The van der Waals surface area contributed by atoms with Gasteiger partial charge in [-0.2, -0.15) is 0 Å². The van der Waals surface area contributed by atoms with Gasteiger partial charge >= 0.3 is 0 Å². The predicted octanol–water partition coefficient (Wildman–Crippen LogP) is 4.54. The zero-order valence-corrected chi connectivity index (χ0v) is 17.5. The van der Waals surface area contributed by atoms with Crippen molar-refractivity contribution in [2.24, 2.45) is 5.92 Å². The summed E-state index contributed by atoms with van der Waals surface area (Å²) < 4.78 is 16.6. The summed E-state index contributed by atoms with van der Waals surface area (Å²) in [5, 5.41) is 3.67. The highest BCUT2D eigenvalue weighted by Gasteiger charge is 2.18. The van der Waals surface area contributed by atoms with Gasteiger partial charge in [0.1, 0.15) is 18.1 Å². The molecule has 0 bridgehead atoms. The van der Waals surface area contributed by atoms with Crippen LogP contribution in [-0.4, -0.2) is 44.6 Å². The fourth-order valence-corrected chi connectivity index (χ4v) is 4.77. The van der Waals surface area contributed by atoms with Crippen LogP contribution < -0.4 is 14.8 Å². The van der Waals surface area contributed by atoms with Crippen molar-refractivity contribution in [1.29, 1.82) is 0 Å². The minimum absolute atomic E-state index is 0.274. The highest BCUT2D eigenvalue weighted by Crippen LogP contribution is 2.32. The van der Waals surface area contributed by atoms with Crippen molar-refractivity contribution in [3.05, 3.63) is 48.5 Å². The lowest BCUT2D eigenvalue weighted by Gasteiger charge is -2.19. The van der Waals surface area contributed by atoms with E-state index in [1.807, 2.05) is 53.9 Å². The Bertz CT molecular complexity index is 686. The van der Waals surface area contributed by atoms with E-state index in [1.165, 1.54) is 4.90 Å². The molecule has 0 saturated carbocycles. The van der Waals surface area contributed by atoms with Crippen LogP contribution >= 0.6 is 23.5 Å². The van der Waals surface area contributed by atoms with Gasteiger partial charge in [-0.1, -0.05) is 31.2 Å². The molecule has 0 unspecified atom stereocenters. The summed E-state index contributed by atoms with van der Waals surface area (Å²) in [6.45, 7) is 4.24. The third kappa shape index (κ3) is 6.35. The Balaban J connectivity index is 1.42. The molecule has 2 aromatic rings. The van der Waals surface area contributed by atoms with E-state index in [0.29, 0.717) is 12.0 Å². The van der Waals surface area contributed by atoms with Gasteiger partial charge in [0, 0.05) is 28.4 Å². The Labute approximate surface area is 170 Å². The average molecular weight is 406 g/mol. The van der Waals surface area contributed by atoms with Crippen molar-refractivity contribution in [1.82, 2.24) is 5.32 Å². The van der Waals surface area contributed by atoms with E-state index < -0.39 is 0 Å². The van der Waals surface area contributed by atoms with Gasteiger partial charge in [-0.25, -0.2) is 0 Å². The molecule has 6 heteroatoms. The quantitative estimate of drug-likeness (QED) is 0.488. The number of para-hydroxylation sites is 2. The predicted molar refractivity (Wildman–Crippen MR) is 113 cm³/mol.